The maximum atomic E-state index is 11.4. The first-order valence-corrected chi connectivity index (χ1v) is 7.61. The van der Waals surface area contributed by atoms with Crippen LogP contribution in [0.25, 0.3) is 0 Å². The highest BCUT2D eigenvalue weighted by molar-refractivity contribution is 5.26. The Labute approximate surface area is 128 Å². The summed E-state index contributed by atoms with van der Waals surface area (Å²) in [5.41, 5.74) is 0.173. The van der Waals surface area contributed by atoms with E-state index in [1.165, 1.54) is 0 Å². The van der Waals surface area contributed by atoms with Crippen molar-refractivity contribution in [3.8, 4) is 0 Å². The van der Waals surface area contributed by atoms with Gasteiger partial charge in [0, 0.05) is 12.5 Å². The highest BCUT2D eigenvalue weighted by atomic mass is 16.3. The Morgan fingerprint density at radius 2 is 2.05 bits per heavy atom. The molecule has 2 rings (SSSR count). The Kier molecular flexibility index (Phi) is 5.54. The third-order valence-corrected chi connectivity index (χ3v) is 4.27. The normalized spacial score (nSPS) is 22.9. The fourth-order valence-electron chi connectivity index (χ4n) is 3.16. The fourth-order valence-corrected chi connectivity index (χ4v) is 3.16. The number of allylic oxidation sites excluding steroid dienone is 4. The smallest absolute Gasteiger partial charge is 0.108 e. The van der Waals surface area contributed by atoms with Crippen LogP contribution in [-0.4, -0.2) is 29.6 Å². The first kappa shape index (κ1) is 15.7. The van der Waals surface area contributed by atoms with Gasteiger partial charge in [-0.15, -0.1) is 0 Å². The van der Waals surface area contributed by atoms with Gasteiger partial charge in [0.25, 0.3) is 0 Å². The monoisotopic (exact) mass is 283 g/mol. The summed E-state index contributed by atoms with van der Waals surface area (Å²) >= 11 is 0. The molecule has 2 atom stereocenters. The Morgan fingerprint density at radius 3 is 2.67 bits per heavy atom. The number of benzene rings is 1. The van der Waals surface area contributed by atoms with Crippen LogP contribution in [0, 0.1) is 0 Å². The summed E-state index contributed by atoms with van der Waals surface area (Å²) in [4.78, 5) is 2.28. The number of aliphatic hydroxyl groups is 1. The van der Waals surface area contributed by atoms with Gasteiger partial charge in [-0.25, -0.2) is 0 Å². The molecule has 0 saturated carbocycles. The lowest BCUT2D eigenvalue weighted by Crippen LogP contribution is -2.45. The largest absolute Gasteiger partial charge is 0.383 e. The molecule has 1 N–H and O–H groups in total. The second kappa shape index (κ2) is 7.39. The number of likely N-dealkylation sites (tertiary alicyclic amines) is 1. The molecule has 1 saturated heterocycles. The molecule has 2 heteroatoms. The third kappa shape index (κ3) is 3.72. The van der Waals surface area contributed by atoms with Crippen molar-refractivity contribution in [3.05, 3.63) is 72.9 Å². The molecule has 0 aliphatic carbocycles. The summed E-state index contributed by atoms with van der Waals surface area (Å²) in [5, 5.41) is 11.4. The molecule has 1 aliphatic heterocycles. The minimum absolute atomic E-state index is 0.174. The van der Waals surface area contributed by atoms with Crippen LogP contribution < -0.4 is 0 Å². The Bertz CT molecular complexity index is 506. The summed E-state index contributed by atoms with van der Waals surface area (Å²) < 4.78 is 0. The Hall–Kier alpha value is -1.64. The molecule has 0 bridgehead atoms. The zero-order valence-corrected chi connectivity index (χ0v) is 12.8. The highest BCUT2D eigenvalue weighted by Gasteiger charge is 2.41. The maximum absolute atomic E-state index is 11.4. The predicted molar refractivity (Wildman–Crippen MR) is 89.1 cm³/mol. The van der Waals surface area contributed by atoms with Gasteiger partial charge >= 0.3 is 0 Å². The molecule has 21 heavy (non-hydrogen) atoms. The van der Waals surface area contributed by atoms with Crippen LogP contribution in [0.2, 0.25) is 0 Å². The third-order valence-electron chi connectivity index (χ3n) is 4.27. The number of nitrogens with zero attached hydrogens (tertiary/aromatic N) is 1. The van der Waals surface area contributed by atoms with Gasteiger partial charge in [0.1, 0.15) is 5.60 Å². The van der Waals surface area contributed by atoms with Crippen LogP contribution in [0.15, 0.2) is 67.3 Å². The summed E-state index contributed by atoms with van der Waals surface area (Å²) in [6, 6.07) is 10.2. The van der Waals surface area contributed by atoms with Crippen molar-refractivity contribution in [2.45, 2.75) is 30.9 Å². The lowest BCUT2D eigenvalue weighted by atomic mass is 9.82. The van der Waals surface area contributed by atoms with E-state index in [0.29, 0.717) is 6.42 Å². The summed E-state index contributed by atoms with van der Waals surface area (Å²) in [6.45, 7) is 4.71. The zero-order chi connectivity index (χ0) is 15.1. The molecule has 1 aromatic carbocycles. The van der Waals surface area contributed by atoms with Crippen molar-refractivity contribution in [3.63, 3.8) is 0 Å². The van der Waals surface area contributed by atoms with Gasteiger partial charge in [0.05, 0.1) is 0 Å². The van der Waals surface area contributed by atoms with E-state index < -0.39 is 5.60 Å². The Morgan fingerprint density at radius 1 is 1.29 bits per heavy atom. The van der Waals surface area contributed by atoms with Gasteiger partial charge in [-0.05, 0) is 32.0 Å². The molecule has 0 amide bonds. The zero-order valence-electron chi connectivity index (χ0n) is 12.8. The van der Waals surface area contributed by atoms with Gasteiger partial charge in [0.15, 0.2) is 0 Å². The van der Waals surface area contributed by atoms with E-state index in [1.54, 1.807) is 6.08 Å². The molecule has 1 aliphatic rings. The number of likely N-dealkylation sites (N-methyl/N-ethyl adjacent to an activating group) is 1. The molecular formula is C19H25NO. The van der Waals surface area contributed by atoms with E-state index in [0.717, 1.165) is 24.9 Å². The van der Waals surface area contributed by atoms with Crippen molar-refractivity contribution in [2.24, 2.45) is 0 Å². The van der Waals surface area contributed by atoms with E-state index in [4.69, 9.17) is 0 Å². The van der Waals surface area contributed by atoms with Crippen LogP contribution in [0.5, 0.6) is 0 Å². The van der Waals surface area contributed by atoms with E-state index in [1.807, 2.05) is 54.6 Å². The predicted octanol–water partition coefficient (Wildman–Crippen LogP) is 3.66. The van der Waals surface area contributed by atoms with Gasteiger partial charge in [-0.1, -0.05) is 67.3 Å². The number of hydrogen-bond acceptors (Lipinski definition) is 2. The van der Waals surface area contributed by atoms with Gasteiger partial charge in [-0.3, -0.25) is 0 Å². The second-order valence-corrected chi connectivity index (χ2v) is 5.68. The first-order chi connectivity index (χ1) is 10.2. The number of hydrogen-bond donors (Lipinski definition) is 1. The average Bonchev–Trinajstić information content (AvgIpc) is 2.94. The second-order valence-electron chi connectivity index (χ2n) is 5.68. The number of rotatable bonds is 6. The van der Waals surface area contributed by atoms with E-state index in [9.17, 15) is 5.11 Å². The lowest BCUT2D eigenvalue weighted by molar-refractivity contribution is -0.0296. The van der Waals surface area contributed by atoms with Crippen LogP contribution in [0.4, 0.5) is 0 Å². The average molecular weight is 283 g/mol. The van der Waals surface area contributed by atoms with E-state index in [-0.39, 0.29) is 6.04 Å². The summed E-state index contributed by atoms with van der Waals surface area (Å²) in [7, 11) is 2.10. The van der Waals surface area contributed by atoms with Crippen LogP contribution in [-0.2, 0) is 5.60 Å². The topological polar surface area (TPSA) is 23.5 Å². The van der Waals surface area contributed by atoms with Gasteiger partial charge < -0.3 is 10.0 Å². The molecule has 1 heterocycles. The molecule has 0 radical (unpaired) electrons. The highest BCUT2D eigenvalue weighted by Crippen LogP contribution is 2.37. The van der Waals surface area contributed by atoms with Crippen molar-refractivity contribution in [1.82, 2.24) is 4.90 Å². The van der Waals surface area contributed by atoms with Crippen molar-refractivity contribution >= 4 is 0 Å². The molecule has 1 aromatic rings. The SMILES string of the molecule is C=C/C=C\C=C/CC(O)(c1ccccc1)C1CCCN1C. The van der Waals surface area contributed by atoms with Crippen molar-refractivity contribution < 1.29 is 5.11 Å². The molecule has 2 unspecified atom stereocenters. The maximum Gasteiger partial charge on any atom is 0.108 e. The fraction of sp³-hybridized carbons (Fsp3) is 0.368. The lowest BCUT2D eigenvalue weighted by Gasteiger charge is -2.37. The van der Waals surface area contributed by atoms with E-state index in [2.05, 4.69) is 18.5 Å². The van der Waals surface area contributed by atoms with Crippen LogP contribution in [0.3, 0.4) is 0 Å². The molecule has 112 valence electrons. The van der Waals surface area contributed by atoms with Crippen LogP contribution >= 0.6 is 0 Å². The molecule has 2 nitrogen and oxygen atoms in total. The Balaban J connectivity index is 2.23. The van der Waals surface area contributed by atoms with Crippen molar-refractivity contribution in [1.29, 1.82) is 0 Å². The molecular weight excluding hydrogens is 258 g/mol. The summed E-state index contributed by atoms with van der Waals surface area (Å²) in [6.07, 6.45) is 12.4. The molecule has 0 spiro atoms. The molecule has 0 aromatic heterocycles. The standard InChI is InChI=1S/C19H25NO/c1-3-4-5-6-10-15-19(21,17-12-8-7-9-13-17)18-14-11-16-20(18)2/h3-10,12-13,18,21H,1,11,14-16H2,2H3/b5-4-,10-6-. The minimum atomic E-state index is -0.828. The quantitative estimate of drug-likeness (QED) is 0.805. The van der Waals surface area contributed by atoms with Crippen LogP contribution in [0.1, 0.15) is 24.8 Å². The molecule has 1 fully saturated rings. The van der Waals surface area contributed by atoms with E-state index >= 15 is 0 Å². The summed E-state index contributed by atoms with van der Waals surface area (Å²) in [5.74, 6) is 0. The first-order valence-electron chi connectivity index (χ1n) is 7.61. The van der Waals surface area contributed by atoms with Gasteiger partial charge in [0.2, 0.25) is 0 Å². The van der Waals surface area contributed by atoms with Gasteiger partial charge in [-0.2, -0.15) is 0 Å². The minimum Gasteiger partial charge on any atom is -0.383 e. The van der Waals surface area contributed by atoms with Crippen molar-refractivity contribution in [2.75, 3.05) is 13.6 Å².